The van der Waals surface area contributed by atoms with Crippen LogP contribution in [0.15, 0.2) is 0 Å². The van der Waals surface area contributed by atoms with E-state index in [4.69, 9.17) is 10.5 Å². The van der Waals surface area contributed by atoms with Gasteiger partial charge in [-0.3, -0.25) is 0 Å². The Kier molecular flexibility index (Phi) is 2.84. The first-order chi connectivity index (χ1) is 6.81. The molecule has 0 radical (unpaired) electrons. The molecule has 4 nitrogen and oxygen atoms in total. The molecular weight excluding hydrogens is 178 g/mol. The standard InChI is InChI=1S/C10H17N3O/c1-7-12-9(6-11)10(13-7)8-2-4-14-5-3-8/h8H,2-6,11H2,1H3,(H,12,13). The van der Waals surface area contributed by atoms with Gasteiger partial charge in [-0.2, -0.15) is 0 Å². The number of ether oxygens (including phenoxy) is 1. The third kappa shape index (κ3) is 1.81. The topological polar surface area (TPSA) is 63.9 Å². The van der Waals surface area contributed by atoms with Crippen molar-refractivity contribution in [2.75, 3.05) is 13.2 Å². The molecule has 1 saturated heterocycles. The van der Waals surface area contributed by atoms with Crippen molar-refractivity contribution in [2.45, 2.75) is 32.2 Å². The van der Waals surface area contributed by atoms with Gasteiger partial charge in [-0.15, -0.1) is 0 Å². The van der Waals surface area contributed by atoms with E-state index in [1.807, 2.05) is 6.92 Å². The number of nitrogens with two attached hydrogens (primary N) is 1. The second kappa shape index (κ2) is 4.11. The molecule has 2 heterocycles. The fourth-order valence-electron chi connectivity index (χ4n) is 2.02. The van der Waals surface area contributed by atoms with E-state index < -0.39 is 0 Å². The highest BCUT2D eigenvalue weighted by Gasteiger charge is 2.21. The van der Waals surface area contributed by atoms with Crippen LogP contribution >= 0.6 is 0 Å². The van der Waals surface area contributed by atoms with Gasteiger partial charge in [-0.25, -0.2) is 4.98 Å². The number of hydrogen-bond acceptors (Lipinski definition) is 3. The summed E-state index contributed by atoms with van der Waals surface area (Å²) in [6.07, 6.45) is 2.13. The second-order valence-electron chi connectivity index (χ2n) is 3.78. The summed E-state index contributed by atoms with van der Waals surface area (Å²) in [6.45, 7) is 4.22. The Balaban J connectivity index is 2.20. The average Bonchev–Trinajstić information content (AvgIpc) is 2.61. The number of nitrogens with zero attached hydrogens (tertiary/aromatic N) is 1. The number of hydrogen-bond donors (Lipinski definition) is 2. The minimum absolute atomic E-state index is 0.534. The maximum Gasteiger partial charge on any atom is 0.103 e. The summed E-state index contributed by atoms with van der Waals surface area (Å²) in [4.78, 5) is 7.73. The van der Waals surface area contributed by atoms with Crippen LogP contribution in [-0.2, 0) is 11.3 Å². The molecule has 0 bridgehead atoms. The van der Waals surface area contributed by atoms with Crippen LogP contribution in [-0.4, -0.2) is 23.2 Å². The maximum atomic E-state index is 5.67. The van der Waals surface area contributed by atoms with E-state index in [9.17, 15) is 0 Å². The van der Waals surface area contributed by atoms with Crippen molar-refractivity contribution in [1.82, 2.24) is 9.97 Å². The van der Waals surface area contributed by atoms with Crippen molar-refractivity contribution >= 4 is 0 Å². The van der Waals surface area contributed by atoms with Crippen molar-refractivity contribution in [2.24, 2.45) is 5.73 Å². The van der Waals surface area contributed by atoms with E-state index >= 15 is 0 Å². The molecule has 0 aromatic carbocycles. The van der Waals surface area contributed by atoms with Crippen LogP contribution in [0.2, 0.25) is 0 Å². The number of imidazole rings is 1. The molecule has 0 aliphatic carbocycles. The van der Waals surface area contributed by atoms with Crippen LogP contribution in [0.1, 0.15) is 36.0 Å². The number of aromatic nitrogens is 2. The Bertz CT molecular complexity index is 302. The van der Waals surface area contributed by atoms with E-state index in [0.717, 1.165) is 43.3 Å². The first kappa shape index (κ1) is 9.68. The van der Waals surface area contributed by atoms with Crippen molar-refractivity contribution in [1.29, 1.82) is 0 Å². The summed E-state index contributed by atoms with van der Waals surface area (Å²) in [6, 6.07) is 0. The normalized spacial score (nSPS) is 18.7. The Hall–Kier alpha value is -0.870. The van der Waals surface area contributed by atoms with Crippen molar-refractivity contribution in [3.05, 3.63) is 17.2 Å². The summed E-state index contributed by atoms with van der Waals surface area (Å²) in [5.74, 6) is 1.50. The summed E-state index contributed by atoms with van der Waals surface area (Å²) >= 11 is 0. The SMILES string of the molecule is Cc1nc(C2CCOCC2)c(CN)[nH]1. The second-order valence-corrected chi connectivity index (χ2v) is 3.78. The fourth-order valence-corrected chi connectivity index (χ4v) is 2.02. The zero-order valence-electron chi connectivity index (χ0n) is 8.55. The first-order valence-corrected chi connectivity index (χ1v) is 5.14. The Morgan fingerprint density at radius 3 is 2.86 bits per heavy atom. The van der Waals surface area contributed by atoms with E-state index in [1.165, 1.54) is 0 Å². The van der Waals surface area contributed by atoms with E-state index in [2.05, 4.69) is 9.97 Å². The van der Waals surface area contributed by atoms with Crippen LogP contribution in [0.25, 0.3) is 0 Å². The summed E-state index contributed by atoms with van der Waals surface area (Å²) in [5, 5.41) is 0. The van der Waals surface area contributed by atoms with Gasteiger partial charge in [0.15, 0.2) is 0 Å². The molecule has 1 fully saturated rings. The van der Waals surface area contributed by atoms with Gasteiger partial charge < -0.3 is 15.5 Å². The number of nitrogens with one attached hydrogen (secondary N) is 1. The molecule has 0 unspecified atom stereocenters. The molecule has 2 rings (SSSR count). The van der Waals surface area contributed by atoms with Gasteiger partial charge in [-0.05, 0) is 19.8 Å². The monoisotopic (exact) mass is 195 g/mol. The van der Waals surface area contributed by atoms with Crippen LogP contribution < -0.4 is 5.73 Å². The molecule has 14 heavy (non-hydrogen) atoms. The van der Waals surface area contributed by atoms with Crippen LogP contribution in [0.5, 0.6) is 0 Å². The highest BCUT2D eigenvalue weighted by Crippen LogP contribution is 2.27. The van der Waals surface area contributed by atoms with E-state index in [-0.39, 0.29) is 0 Å². The summed E-state index contributed by atoms with van der Waals surface area (Å²) in [5.41, 5.74) is 7.92. The third-order valence-corrected chi connectivity index (χ3v) is 2.74. The number of aryl methyl sites for hydroxylation is 1. The van der Waals surface area contributed by atoms with Gasteiger partial charge in [0.1, 0.15) is 5.82 Å². The molecule has 1 aromatic heterocycles. The molecular formula is C10H17N3O. The van der Waals surface area contributed by atoms with Gasteiger partial charge in [0, 0.05) is 25.7 Å². The number of H-pyrrole nitrogens is 1. The lowest BCUT2D eigenvalue weighted by Crippen LogP contribution is -2.16. The van der Waals surface area contributed by atoms with E-state index in [1.54, 1.807) is 0 Å². The lowest BCUT2D eigenvalue weighted by atomic mass is 9.95. The molecule has 0 atom stereocenters. The lowest BCUT2D eigenvalue weighted by Gasteiger charge is -2.21. The number of aromatic amines is 1. The molecule has 0 spiro atoms. The maximum absolute atomic E-state index is 5.67. The fraction of sp³-hybridized carbons (Fsp3) is 0.700. The molecule has 1 aliphatic heterocycles. The number of rotatable bonds is 2. The Labute approximate surface area is 83.9 Å². The molecule has 4 heteroatoms. The summed E-state index contributed by atoms with van der Waals surface area (Å²) < 4.78 is 5.33. The quantitative estimate of drug-likeness (QED) is 0.742. The Morgan fingerprint density at radius 1 is 1.50 bits per heavy atom. The van der Waals surface area contributed by atoms with Crippen molar-refractivity contribution in [3.63, 3.8) is 0 Å². The predicted molar refractivity (Wildman–Crippen MR) is 54.0 cm³/mol. The first-order valence-electron chi connectivity index (χ1n) is 5.14. The molecule has 1 aliphatic rings. The zero-order chi connectivity index (χ0) is 9.97. The molecule has 0 amide bonds. The van der Waals surface area contributed by atoms with E-state index in [0.29, 0.717) is 12.5 Å². The molecule has 1 aromatic rings. The highest BCUT2D eigenvalue weighted by atomic mass is 16.5. The molecule has 0 saturated carbocycles. The predicted octanol–water partition coefficient (Wildman–Crippen LogP) is 1.07. The van der Waals surface area contributed by atoms with Crippen LogP contribution in [0, 0.1) is 6.92 Å². The van der Waals surface area contributed by atoms with Crippen LogP contribution in [0.4, 0.5) is 0 Å². The lowest BCUT2D eigenvalue weighted by molar-refractivity contribution is 0.0844. The van der Waals surface area contributed by atoms with Gasteiger partial charge >= 0.3 is 0 Å². The Morgan fingerprint density at radius 2 is 2.21 bits per heavy atom. The summed E-state index contributed by atoms with van der Waals surface area (Å²) in [7, 11) is 0. The smallest absolute Gasteiger partial charge is 0.103 e. The largest absolute Gasteiger partial charge is 0.381 e. The van der Waals surface area contributed by atoms with Crippen molar-refractivity contribution in [3.8, 4) is 0 Å². The highest BCUT2D eigenvalue weighted by molar-refractivity contribution is 5.19. The minimum atomic E-state index is 0.534. The minimum Gasteiger partial charge on any atom is -0.381 e. The average molecular weight is 195 g/mol. The third-order valence-electron chi connectivity index (χ3n) is 2.74. The van der Waals surface area contributed by atoms with Crippen LogP contribution in [0.3, 0.4) is 0 Å². The van der Waals surface area contributed by atoms with Gasteiger partial charge in [-0.1, -0.05) is 0 Å². The van der Waals surface area contributed by atoms with Gasteiger partial charge in [0.05, 0.1) is 11.4 Å². The molecule has 3 N–H and O–H groups in total. The van der Waals surface area contributed by atoms with Gasteiger partial charge in [0.25, 0.3) is 0 Å². The molecule has 78 valence electrons. The van der Waals surface area contributed by atoms with Gasteiger partial charge in [0.2, 0.25) is 0 Å². The zero-order valence-corrected chi connectivity index (χ0v) is 8.55. The van der Waals surface area contributed by atoms with Crippen molar-refractivity contribution < 1.29 is 4.74 Å².